The zero-order valence-electron chi connectivity index (χ0n) is 10.4. The van der Waals surface area contributed by atoms with Gasteiger partial charge in [-0.1, -0.05) is 42.5 Å². The lowest BCUT2D eigenvalue weighted by atomic mass is 10.0. The van der Waals surface area contributed by atoms with E-state index in [1.54, 1.807) is 30.3 Å². The number of nitriles is 1. The number of benzene rings is 2. The summed E-state index contributed by atoms with van der Waals surface area (Å²) in [6.07, 6.45) is -2.85. The van der Waals surface area contributed by atoms with Gasteiger partial charge in [-0.15, -0.1) is 0 Å². The summed E-state index contributed by atoms with van der Waals surface area (Å²) in [6.45, 7) is 0. The van der Waals surface area contributed by atoms with E-state index in [1.807, 2.05) is 12.1 Å². The zero-order valence-corrected chi connectivity index (χ0v) is 10.4. The van der Waals surface area contributed by atoms with E-state index in [0.29, 0.717) is 0 Å². The van der Waals surface area contributed by atoms with Crippen molar-refractivity contribution in [2.75, 3.05) is 0 Å². The van der Waals surface area contributed by atoms with Crippen molar-refractivity contribution in [2.45, 2.75) is 6.18 Å². The van der Waals surface area contributed by atoms with Gasteiger partial charge in [0.05, 0.1) is 17.2 Å². The Balaban J connectivity index is 2.44. The van der Waals surface area contributed by atoms with E-state index in [-0.39, 0.29) is 11.1 Å². The van der Waals surface area contributed by atoms with Gasteiger partial charge in [-0.3, -0.25) is 0 Å². The smallest absolute Gasteiger partial charge is 0.192 e. The molecule has 4 heteroatoms. The van der Waals surface area contributed by atoms with Crippen molar-refractivity contribution < 1.29 is 13.2 Å². The van der Waals surface area contributed by atoms with E-state index in [9.17, 15) is 13.2 Å². The third-order valence-corrected chi connectivity index (χ3v) is 2.73. The molecule has 0 N–H and O–H groups in total. The van der Waals surface area contributed by atoms with Crippen molar-refractivity contribution in [3.63, 3.8) is 0 Å². The van der Waals surface area contributed by atoms with Crippen LogP contribution in [0.3, 0.4) is 0 Å². The SMILES string of the molecule is N#C/C(=C/c1ccccc1)c1cccc(C(F)(F)F)c1. The molecule has 0 aromatic heterocycles. The molecule has 0 amide bonds. The third kappa shape index (κ3) is 3.27. The Labute approximate surface area is 114 Å². The summed E-state index contributed by atoms with van der Waals surface area (Å²) in [7, 11) is 0. The Bertz CT molecular complexity index is 664. The monoisotopic (exact) mass is 273 g/mol. The van der Waals surface area contributed by atoms with Gasteiger partial charge in [-0.2, -0.15) is 18.4 Å². The first-order valence-corrected chi connectivity index (χ1v) is 5.85. The molecule has 100 valence electrons. The molecule has 1 nitrogen and oxygen atoms in total. The molecule has 0 radical (unpaired) electrons. The number of alkyl halides is 3. The second kappa shape index (κ2) is 5.62. The highest BCUT2D eigenvalue weighted by Gasteiger charge is 2.30. The molecule has 0 fully saturated rings. The number of hydrogen-bond acceptors (Lipinski definition) is 1. The van der Waals surface area contributed by atoms with Crippen LogP contribution in [0.5, 0.6) is 0 Å². The molecule has 20 heavy (non-hydrogen) atoms. The summed E-state index contributed by atoms with van der Waals surface area (Å²) < 4.78 is 38.0. The summed E-state index contributed by atoms with van der Waals surface area (Å²) >= 11 is 0. The van der Waals surface area contributed by atoms with Gasteiger partial charge in [0.1, 0.15) is 0 Å². The van der Waals surface area contributed by atoms with Crippen LogP contribution >= 0.6 is 0 Å². The fourth-order valence-corrected chi connectivity index (χ4v) is 1.76. The summed E-state index contributed by atoms with van der Waals surface area (Å²) in [5.41, 5.74) is 0.458. The van der Waals surface area contributed by atoms with E-state index >= 15 is 0 Å². The summed E-state index contributed by atoms with van der Waals surface area (Å²) in [4.78, 5) is 0. The normalized spacial score (nSPS) is 12.0. The van der Waals surface area contributed by atoms with E-state index in [0.717, 1.165) is 17.7 Å². The molecule has 0 aliphatic carbocycles. The Morgan fingerprint density at radius 3 is 2.30 bits per heavy atom. The quantitative estimate of drug-likeness (QED) is 0.571. The van der Waals surface area contributed by atoms with Crippen LogP contribution in [-0.4, -0.2) is 0 Å². The average Bonchev–Trinajstić information content (AvgIpc) is 2.45. The summed E-state index contributed by atoms with van der Waals surface area (Å²) in [5, 5.41) is 9.13. The van der Waals surface area contributed by atoms with Gasteiger partial charge in [-0.05, 0) is 29.3 Å². The topological polar surface area (TPSA) is 23.8 Å². The van der Waals surface area contributed by atoms with Crippen LogP contribution in [-0.2, 0) is 6.18 Å². The molecule has 0 saturated heterocycles. The van der Waals surface area contributed by atoms with Crippen LogP contribution in [0.4, 0.5) is 13.2 Å². The zero-order chi connectivity index (χ0) is 14.6. The second-order valence-electron chi connectivity index (χ2n) is 4.16. The average molecular weight is 273 g/mol. The Morgan fingerprint density at radius 2 is 1.70 bits per heavy atom. The number of rotatable bonds is 2. The minimum atomic E-state index is -4.41. The highest BCUT2D eigenvalue weighted by atomic mass is 19.4. The maximum absolute atomic E-state index is 12.7. The molecular formula is C16H10F3N. The van der Waals surface area contributed by atoms with Crippen LogP contribution in [0.1, 0.15) is 16.7 Å². The number of allylic oxidation sites excluding steroid dienone is 1. The van der Waals surface area contributed by atoms with Gasteiger partial charge in [0, 0.05) is 0 Å². The molecule has 0 heterocycles. The predicted molar refractivity (Wildman–Crippen MR) is 71.4 cm³/mol. The van der Waals surface area contributed by atoms with Crippen LogP contribution in [0, 0.1) is 11.3 Å². The molecule has 0 aliphatic rings. The second-order valence-corrected chi connectivity index (χ2v) is 4.16. The maximum Gasteiger partial charge on any atom is 0.416 e. The van der Waals surface area contributed by atoms with E-state index < -0.39 is 11.7 Å². The molecule has 0 spiro atoms. The number of nitrogens with zero attached hydrogens (tertiary/aromatic N) is 1. The molecule has 0 atom stereocenters. The molecular weight excluding hydrogens is 263 g/mol. The molecule has 0 saturated carbocycles. The summed E-state index contributed by atoms with van der Waals surface area (Å²) in [6, 6.07) is 15.7. The van der Waals surface area contributed by atoms with Gasteiger partial charge in [0.15, 0.2) is 0 Å². The lowest BCUT2D eigenvalue weighted by molar-refractivity contribution is -0.137. The fraction of sp³-hybridized carbons (Fsp3) is 0.0625. The van der Waals surface area contributed by atoms with Crippen molar-refractivity contribution in [3.8, 4) is 6.07 Å². The minimum absolute atomic E-state index is 0.197. The standard InChI is InChI=1S/C16H10F3N/c17-16(18,19)15-8-4-7-13(10-15)14(11-20)9-12-5-2-1-3-6-12/h1-10H/b14-9-. The lowest BCUT2D eigenvalue weighted by Crippen LogP contribution is -2.04. The van der Waals surface area contributed by atoms with Crippen LogP contribution in [0.15, 0.2) is 54.6 Å². The largest absolute Gasteiger partial charge is 0.416 e. The molecule has 0 bridgehead atoms. The number of halogens is 3. The van der Waals surface area contributed by atoms with Crippen LogP contribution in [0.2, 0.25) is 0 Å². The van der Waals surface area contributed by atoms with Crippen molar-refractivity contribution >= 4 is 11.6 Å². The highest BCUT2D eigenvalue weighted by Crippen LogP contribution is 2.31. The maximum atomic E-state index is 12.7. The van der Waals surface area contributed by atoms with Gasteiger partial charge >= 0.3 is 6.18 Å². The van der Waals surface area contributed by atoms with Crippen molar-refractivity contribution in [1.82, 2.24) is 0 Å². The minimum Gasteiger partial charge on any atom is -0.192 e. The first kappa shape index (κ1) is 13.9. The third-order valence-electron chi connectivity index (χ3n) is 2.73. The number of hydrogen-bond donors (Lipinski definition) is 0. The van der Waals surface area contributed by atoms with Crippen molar-refractivity contribution in [3.05, 3.63) is 71.3 Å². The van der Waals surface area contributed by atoms with Crippen molar-refractivity contribution in [2.24, 2.45) is 0 Å². The summed E-state index contributed by atoms with van der Waals surface area (Å²) in [5.74, 6) is 0. The van der Waals surface area contributed by atoms with Crippen LogP contribution in [0.25, 0.3) is 11.6 Å². The molecule has 0 aliphatic heterocycles. The van der Waals surface area contributed by atoms with E-state index in [1.165, 1.54) is 12.1 Å². The lowest BCUT2D eigenvalue weighted by Gasteiger charge is -2.08. The molecule has 2 aromatic carbocycles. The van der Waals surface area contributed by atoms with Crippen LogP contribution < -0.4 is 0 Å². The van der Waals surface area contributed by atoms with Crippen molar-refractivity contribution in [1.29, 1.82) is 5.26 Å². The fourth-order valence-electron chi connectivity index (χ4n) is 1.76. The van der Waals surface area contributed by atoms with E-state index in [2.05, 4.69) is 0 Å². The predicted octanol–water partition coefficient (Wildman–Crippen LogP) is 4.77. The first-order chi connectivity index (χ1) is 9.50. The Hall–Kier alpha value is -2.54. The molecule has 0 unspecified atom stereocenters. The van der Waals surface area contributed by atoms with Gasteiger partial charge in [0.2, 0.25) is 0 Å². The Kier molecular flexibility index (Phi) is 3.90. The van der Waals surface area contributed by atoms with Gasteiger partial charge in [0.25, 0.3) is 0 Å². The first-order valence-electron chi connectivity index (χ1n) is 5.85. The highest BCUT2D eigenvalue weighted by molar-refractivity contribution is 5.89. The Morgan fingerprint density at radius 1 is 1.00 bits per heavy atom. The van der Waals surface area contributed by atoms with Gasteiger partial charge < -0.3 is 0 Å². The molecule has 2 aromatic rings. The van der Waals surface area contributed by atoms with Gasteiger partial charge in [-0.25, -0.2) is 0 Å². The molecule has 2 rings (SSSR count). The van der Waals surface area contributed by atoms with E-state index in [4.69, 9.17) is 5.26 Å².